The van der Waals surface area contributed by atoms with Crippen LogP contribution >= 0.6 is 7.82 Å². The van der Waals surface area contributed by atoms with Crippen LogP contribution in [0.25, 0.3) is 0 Å². The van der Waals surface area contributed by atoms with E-state index in [1.807, 2.05) is 21.1 Å². The summed E-state index contributed by atoms with van der Waals surface area (Å²) in [4.78, 5) is 37.9. The van der Waals surface area contributed by atoms with Crippen LogP contribution in [-0.2, 0) is 32.7 Å². The predicted octanol–water partition coefficient (Wildman–Crippen LogP) is 19.6. The second-order valence-corrected chi connectivity index (χ2v) is 23.8. The molecule has 0 aromatic rings. The summed E-state index contributed by atoms with van der Waals surface area (Å²) in [7, 11) is 1.17. The maximum Gasteiger partial charge on any atom is 0.306 e. The molecule has 0 spiro atoms. The lowest BCUT2D eigenvalue weighted by molar-refractivity contribution is -0.870. The Hall–Kier alpha value is -2.81. The zero-order chi connectivity index (χ0) is 56.3. The van der Waals surface area contributed by atoms with Crippen molar-refractivity contribution in [2.75, 3.05) is 47.5 Å². The third-order valence-electron chi connectivity index (χ3n) is 13.6. The number of carbonyl (C=O) groups excluding carboxylic acids is 2. The van der Waals surface area contributed by atoms with Crippen molar-refractivity contribution in [2.45, 2.75) is 283 Å². The Balaban J connectivity index is 4.05. The summed E-state index contributed by atoms with van der Waals surface area (Å²) in [6.07, 6.45) is 77.9. The Morgan fingerprint density at radius 2 is 0.740 bits per heavy atom. The minimum Gasteiger partial charge on any atom is -0.756 e. The Morgan fingerprint density at radius 3 is 1.12 bits per heavy atom. The molecule has 0 aliphatic carbocycles. The molecule has 0 heterocycles. The van der Waals surface area contributed by atoms with E-state index in [2.05, 4.69) is 98.9 Å². The molecule has 0 aromatic heterocycles. The van der Waals surface area contributed by atoms with Crippen molar-refractivity contribution < 1.29 is 42.1 Å². The van der Waals surface area contributed by atoms with Gasteiger partial charge >= 0.3 is 11.9 Å². The quantitative estimate of drug-likeness (QED) is 0.0195. The van der Waals surface area contributed by atoms with Crippen LogP contribution in [0.4, 0.5) is 0 Å². The molecule has 0 saturated heterocycles. The van der Waals surface area contributed by atoms with E-state index in [0.29, 0.717) is 17.4 Å². The van der Waals surface area contributed by atoms with E-state index in [-0.39, 0.29) is 32.0 Å². The molecule has 0 fully saturated rings. The number of carbonyl (C=O) groups is 2. The molecule has 446 valence electrons. The topological polar surface area (TPSA) is 111 Å². The number of phosphoric acid groups is 1. The molecule has 2 unspecified atom stereocenters. The summed E-state index contributed by atoms with van der Waals surface area (Å²) in [5, 5.41) is 0. The first-order valence-electron chi connectivity index (χ1n) is 31.8. The molecule has 77 heavy (non-hydrogen) atoms. The van der Waals surface area contributed by atoms with E-state index in [1.54, 1.807) is 0 Å². The lowest BCUT2D eigenvalue weighted by Crippen LogP contribution is -2.37. The van der Waals surface area contributed by atoms with Gasteiger partial charge in [0.15, 0.2) is 6.10 Å². The molecule has 10 heteroatoms. The van der Waals surface area contributed by atoms with Gasteiger partial charge in [-0.2, -0.15) is 0 Å². The van der Waals surface area contributed by atoms with Gasteiger partial charge in [0.1, 0.15) is 19.8 Å². The first-order valence-corrected chi connectivity index (χ1v) is 33.3. The molecule has 0 aliphatic heterocycles. The van der Waals surface area contributed by atoms with Gasteiger partial charge in [-0.3, -0.25) is 14.2 Å². The second kappa shape index (κ2) is 57.9. The SMILES string of the molecule is CC/C=C\C/C=C\C/C=C\C/C=C\C/C=C\C/C=C\CCCCCCCCCCCCCCCCCCC(=O)OC(COC(=O)CCCCCCCCC/C=C\CCCCCCCCC)COP(=O)([O-])OCC[N+](C)(C)C. The number of nitrogens with zero attached hydrogens (tertiary/aromatic N) is 1. The van der Waals surface area contributed by atoms with Gasteiger partial charge in [0.25, 0.3) is 7.82 Å². The Kier molecular flexibility index (Phi) is 55.8. The van der Waals surface area contributed by atoms with E-state index in [1.165, 1.54) is 154 Å². The maximum absolute atomic E-state index is 12.8. The molecule has 2 atom stereocenters. The van der Waals surface area contributed by atoms with Gasteiger partial charge in [-0.05, 0) is 89.9 Å². The zero-order valence-corrected chi connectivity index (χ0v) is 51.5. The molecule has 0 aliphatic rings. The Morgan fingerprint density at radius 1 is 0.416 bits per heavy atom. The average molecular weight is 1100 g/mol. The molecule has 0 bridgehead atoms. The fourth-order valence-corrected chi connectivity index (χ4v) is 9.50. The van der Waals surface area contributed by atoms with Gasteiger partial charge in [-0.15, -0.1) is 0 Å². The van der Waals surface area contributed by atoms with Crippen LogP contribution in [0, 0.1) is 0 Å². The van der Waals surface area contributed by atoms with Gasteiger partial charge in [-0.1, -0.05) is 259 Å². The number of rotatable bonds is 58. The number of quaternary nitrogens is 1. The van der Waals surface area contributed by atoms with Crippen molar-refractivity contribution in [2.24, 2.45) is 0 Å². The van der Waals surface area contributed by atoms with Gasteiger partial charge < -0.3 is 27.9 Å². The predicted molar refractivity (Wildman–Crippen MR) is 328 cm³/mol. The number of phosphoric ester groups is 1. The number of esters is 2. The van der Waals surface area contributed by atoms with Crippen LogP contribution in [0.5, 0.6) is 0 Å². The molecule has 0 amide bonds. The highest BCUT2D eigenvalue weighted by atomic mass is 31.2. The van der Waals surface area contributed by atoms with Crippen molar-refractivity contribution in [1.82, 2.24) is 0 Å². The highest BCUT2D eigenvalue weighted by Gasteiger charge is 2.22. The van der Waals surface area contributed by atoms with Crippen LogP contribution in [0.3, 0.4) is 0 Å². The maximum atomic E-state index is 12.8. The van der Waals surface area contributed by atoms with Crippen molar-refractivity contribution in [3.63, 3.8) is 0 Å². The molecule has 0 saturated carbocycles. The molecule has 9 nitrogen and oxygen atoms in total. The summed E-state index contributed by atoms with van der Waals surface area (Å²) in [6, 6.07) is 0. The number of hydrogen-bond acceptors (Lipinski definition) is 8. The molecular formula is C67H120NO8P. The highest BCUT2D eigenvalue weighted by Crippen LogP contribution is 2.38. The first-order chi connectivity index (χ1) is 37.5. The van der Waals surface area contributed by atoms with Gasteiger partial charge in [0.2, 0.25) is 0 Å². The zero-order valence-electron chi connectivity index (χ0n) is 50.6. The highest BCUT2D eigenvalue weighted by molar-refractivity contribution is 7.45. The largest absolute Gasteiger partial charge is 0.756 e. The first kappa shape index (κ1) is 74.2. The van der Waals surface area contributed by atoms with Gasteiger partial charge in [0.05, 0.1) is 27.7 Å². The third kappa shape index (κ3) is 62.3. The Labute approximate surface area is 475 Å². The van der Waals surface area contributed by atoms with Crippen molar-refractivity contribution in [1.29, 1.82) is 0 Å². The average Bonchev–Trinajstić information content (AvgIpc) is 3.39. The number of unbranched alkanes of at least 4 members (excludes halogenated alkanes) is 30. The minimum atomic E-state index is -4.64. The van der Waals surface area contributed by atoms with Gasteiger partial charge in [0, 0.05) is 12.8 Å². The standard InChI is InChI=1S/C67H120NO8P/c1-6-8-10-12-14-16-18-20-22-24-26-27-28-29-30-31-32-33-34-35-36-37-38-39-40-41-42-44-46-48-50-52-54-56-58-60-67(70)76-65(64-75-77(71,72)74-62-61-68(3,4)5)63-73-66(69)59-57-55-53-51-49-47-45-43-25-23-21-19-17-15-13-11-9-7-2/h8,10,14,16,20,22-23,25-27,29-30,32-33,65H,6-7,9,11-13,15,17-19,21,24,28,31,34-64H2,1-5H3/b10-8-,16-14-,22-20-,25-23-,27-26-,30-29-,33-32-. The van der Waals surface area contributed by atoms with Crippen molar-refractivity contribution in [3.05, 3.63) is 85.1 Å². The van der Waals surface area contributed by atoms with Crippen LogP contribution in [-0.4, -0.2) is 70.0 Å². The van der Waals surface area contributed by atoms with Crippen LogP contribution in [0.1, 0.15) is 277 Å². The number of allylic oxidation sites excluding steroid dienone is 14. The molecule has 0 N–H and O–H groups in total. The summed E-state index contributed by atoms with van der Waals surface area (Å²) in [6.45, 7) is 4.14. The number of hydrogen-bond donors (Lipinski definition) is 0. The van der Waals surface area contributed by atoms with Crippen molar-refractivity contribution >= 4 is 19.8 Å². The third-order valence-corrected chi connectivity index (χ3v) is 14.6. The summed E-state index contributed by atoms with van der Waals surface area (Å²) in [5.74, 6) is -0.832. The second-order valence-electron chi connectivity index (χ2n) is 22.4. The lowest BCUT2D eigenvalue weighted by atomic mass is 10.0. The fraction of sp³-hybridized carbons (Fsp3) is 0.761. The number of likely N-dealkylation sites (N-methyl/N-ethyl adjacent to an activating group) is 1. The van der Waals surface area contributed by atoms with Crippen LogP contribution in [0.2, 0.25) is 0 Å². The van der Waals surface area contributed by atoms with Gasteiger partial charge in [-0.25, -0.2) is 0 Å². The molecule has 0 aromatic carbocycles. The van der Waals surface area contributed by atoms with E-state index in [0.717, 1.165) is 89.9 Å². The van der Waals surface area contributed by atoms with E-state index in [9.17, 15) is 19.0 Å². The summed E-state index contributed by atoms with van der Waals surface area (Å²) < 4.78 is 34.2. The number of ether oxygens (including phenoxy) is 2. The van der Waals surface area contributed by atoms with Crippen molar-refractivity contribution in [3.8, 4) is 0 Å². The molecule has 0 rings (SSSR count). The summed E-state index contributed by atoms with van der Waals surface area (Å²) >= 11 is 0. The fourth-order valence-electron chi connectivity index (χ4n) is 8.77. The molecule has 0 radical (unpaired) electrons. The normalized spacial score (nSPS) is 13.8. The van der Waals surface area contributed by atoms with E-state index in [4.69, 9.17) is 18.5 Å². The lowest BCUT2D eigenvalue weighted by Gasteiger charge is -2.28. The Bertz CT molecular complexity index is 1580. The molecular weight excluding hydrogens is 978 g/mol. The minimum absolute atomic E-state index is 0.0328. The van der Waals surface area contributed by atoms with Crippen LogP contribution < -0.4 is 4.89 Å². The monoisotopic (exact) mass is 1100 g/mol. The smallest absolute Gasteiger partial charge is 0.306 e. The van der Waals surface area contributed by atoms with Crippen LogP contribution in [0.15, 0.2) is 85.1 Å². The van der Waals surface area contributed by atoms with E-state index < -0.39 is 26.5 Å². The van der Waals surface area contributed by atoms with E-state index >= 15 is 0 Å². The summed E-state index contributed by atoms with van der Waals surface area (Å²) in [5.41, 5.74) is 0.